The molecule has 2 N–H and O–H groups in total. The Labute approximate surface area is 151 Å². The second kappa shape index (κ2) is 8.29. The number of nitrogens with zero attached hydrogens (tertiary/aromatic N) is 3. The van der Waals surface area contributed by atoms with E-state index < -0.39 is 17.8 Å². The number of halogens is 1. The van der Waals surface area contributed by atoms with Crippen LogP contribution in [0, 0.1) is 12.7 Å². The number of aromatic nitrogens is 2. The van der Waals surface area contributed by atoms with Crippen LogP contribution in [0.5, 0.6) is 5.75 Å². The van der Waals surface area contributed by atoms with Gasteiger partial charge in [-0.15, -0.1) is 0 Å². The second-order valence-electron chi connectivity index (χ2n) is 6.40. The van der Waals surface area contributed by atoms with E-state index >= 15 is 0 Å². The Kier molecular flexibility index (Phi) is 6.33. The van der Waals surface area contributed by atoms with Crippen molar-refractivity contribution in [3.63, 3.8) is 0 Å². The van der Waals surface area contributed by atoms with E-state index in [1.54, 1.807) is 19.1 Å². The van der Waals surface area contributed by atoms with Crippen molar-refractivity contribution in [3.05, 3.63) is 41.5 Å². The largest absolute Gasteiger partial charge is 0.504 e. The number of carbonyl (C=O) groups is 1. The Morgan fingerprint density at radius 2 is 2.12 bits per heavy atom. The van der Waals surface area contributed by atoms with Crippen molar-refractivity contribution in [1.82, 2.24) is 14.7 Å². The number of hydrogen-bond acceptors (Lipinski definition) is 5. The van der Waals surface area contributed by atoms with E-state index in [2.05, 4.69) is 5.10 Å². The second-order valence-corrected chi connectivity index (χ2v) is 6.40. The van der Waals surface area contributed by atoms with Gasteiger partial charge < -0.3 is 19.8 Å². The van der Waals surface area contributed by atoms with E-state index in [0.717, 1.165) is 10.2 Å². The normalized spacial score (nSPS) is 12.4. The quantitative estimate of drug-likeness (QED) is 0.782. The van der Waals surface area contributed by atoms with E-state index in [-0.39, 0.29) is 36.4 Å². The molecule has 0 saturated heterocycles. The van der Waals surface area contributed by atoms with Crippen LogP contribution in [-0.2, 0) is 4.74 Å². The average molecular weight is 365 g/mol. The summed E-state index contributed by atoms with van der Waals surface area (Å²) in [5, 5.41) is 23.6. The Morgan fingerprint density at radius 1 is 1.42 bits per heavy atom. The molecule has 7 nitrogen and oxygen atoms in total. The van der Waals surface area contributed by atoms with Crippen LogP contribution in [0.4, 0.5) is 4.39 Å². The Hall–Kier alpha value is -2.45. The maximum absolute atomic E-state index is 14.0. The molecule has 0 aliphatic heterocycles. The molecule has 0 spiro atoms. The molecule has 1 atom stereocenters. The van der Waals surface area contributed by atoms with E-state index in [1.807, 2.05) is 13.8 Å². The lowest BCUT2D eigenvalue weighted by Crippen LogP contribution is -2.43. The highest BCUT2D eigenvalue weighted by Crippen LogP contribution is 2.22. The number of aryl methyl sites for hydroxylation is 1. The fourth-order valence-electron chi connectivity index (χ4n) is 2.36. The Balaban J connectivity index is 2.27. The lowest BCUT2D eigenvalue weighted by Gasteiger charge is -2.26. The summed E-state index contributed by atoms with van der Waals surface area (Å²) in [6, 6.07) is 3.88. The van der Waals surface area contributed by atoms with Crippen molar-refractivity contribution in [2.45, 2.75) is 32.9 Å². The number of aliphatic hydroxyl groups excluding tert-OH is 1. The predicted molar refractivity (Wildman–Crippen MR) is 94.0 cm³/mol. The van der Waals surface area contributed by atoms with Crippen molar-refractivity contribution < 1.29 is 24.1 Å². The fraction of sp³-hybridized carbons (Fsp3) is 0.444. The third kappa shape index (κ3) is 4.39. The van der Waals surface area contributed by atoms with Gasteiger partial charge in [0.1, 0.15) is 11.5 Å². The first-order chi connectivity index (χ1) is 12.2. The lowest BCUT2D eigenvalue weighted by atomic mass is 10.2. The minimum Gasteiger partial charge on any atom is -0.504 e. The maximum Gasteiger partial charge on any atom is 0.278 e. The zero-order valence-electron chi connectivity index (χ0n) is 15.3. The number of aromatic hydroxyl groups is 1. The molecule has 1 amide bonds. The zero-order valence-corrected chi connectivity index (χ0v) is 15.3. The van der Waals surface area contributed by atoms with Gasteiger partial charge in [0.05, 0.1) is 31.6 Å². The van der Waals surface area contributed by atoms with E-state index in [9.17, 15) is 19.4 Å². The molecular weight excluding hydrogens is 341 g/mol. The van der Waals surface area contributed by atoms with Gasteiger partial charge in [0, 0.05) is 7.05 Å². The summed E-state index contributed by atoms with van der Waals surface area (Å²) in [5.41, 5.74) is 0.716. The topological polar surface area (TPSA) is 87.8 Å². The highest BCUT2D eigenvalue weighted by molar-refractivity contribution is 5.94. The molecule has 26 heavy (non-hydrogen) atoms. The number of amides is 1. The molecule has 8 heteroatoms. The van der Waals surface area contributed by atoms with Gasteiger partial charge in [-0.3, -0.25) is 4.79 Å². The molecule has 142 valence electrons. The van der Waals surface area contributed by atoms with Gasteiger partial charge >= 0.3 is 0 Å². The molecule has 0 saturated carbocycles. The highest BCUT2D eigenvalue weighted by Gasteiger charge is 2.26. The van der Waals surface area contributed by atoms with Crippen molar-refractivity contribution in [2.75, 3.05) is 20.3 Å². The van der Waals surface area contributed by atoms with Crippen LogP contribution >= 0.6 is 0 Å². The molecule has 1 aromatic heterocycles. The van der Waals surface area contributed by atoms with E-state index in [0.29, 0.717) is 0 Å². The third-order valence-corrected chi connectivity index (χ3v) is 3.95. The molecule has 1 unspecified atom stereocenters. The first-order valence-electron chi connectivity index (χ1n) is 8.29. The average Bonchev–Trinajstić information content (AvgIpc) is 2.98. The van der Waals surface area contributed by atoms with Gasteiger partial charge in [-0.25, -0.2) is 9.07 Å². The van der Waals surface area contributed by atoms with Crippen LogP contribution < -0.4 is 0 Å². The van der Waals surface area contributed by atoms with Gasteiger partial charge in [0.2, 0.25) is 0 Å². The molecule has 2 rings (SSSR count). The van der Waals surface area contributed by atoms with Gasteiger partial charge in [0.15, 0.2) is 11.4 Å². The van der Waals surface area contributed by atoms with Crippen LogP contribution in [0.1, 0.15) is 29.9 Å². The van der Waals surface area contributed by atoms with Gasteiger partial charge in [0.25, 0.3) is 5.91 Å². The van der Waals surface area contributed by atoms with E-state index in [4.69, 9.17) is 4.74 Å². The summed E-state index contributed by atoms with van der Waals surface area (Å²) in [6.45, 7) is 5.33. The first kappa shape index (κ1) is 19.9. The summed E-state index contributed by atoms with van der Waals surface area (Å²) in [5.74, 6) is -1.49. The van der Waals surface area contributed by atoms with Crippen LogP contribution in [0.15, 0.2) is 24.4 Å². The van der Waals surface area contributed by atoms with Crippen LogP contribution in [-0.4, -0.2) is 63.2 Å². The Bertz CT molecular complexity index is 776. The SMILES string of the molecule is Cc1ccc(F)c(-n2cc(O)c(C(=O)N(C)C(CO)COC(C)C)n2)c1. The molecule has 2 aromatic rings. The number of likely N-dealkylation sites (N-methyl/N-ethyl adjacent to an activating group) is 1. The van der Waals surface area contributed by atoms with Crippen LogP contribution in [0.3, 0.4) is 0 Å². The third-order valence-electron chi connectivity index (χ3n) is 3.95. The smallest absolute Gasteiger partial charge is 0.278 e. The summed E-state index contributed by atoms with van der Waals surface area (Å²) >= 11 is 0. The summed E-state index contributed by atoms with van der Waals surface area (Å²) in [4.78, 5) is 13.9. The predicted octanol–water partition coefficient (Wildman–Crippen LogP) is 1.88. The van der Waals surface area contributed by atoms with E-state index in [1.165, 1.54) is 24.2 Å². The van der Waals surface area contributed by atoms with Crippen molar-refractivity contribution in [2.24, 2.45) is 0 Å². The van der Waals surface area contributed by atoms with Gasteiger partial charge in [-0.2, -0.15) is 5.10 Å². The molecule has 0 aliphatic carbocycles. The lowest BCUT2D eigenvalue weighted by molar-refractivity contribution is 0.0123. The summed E-state index contributed by atoms with van der Waals surface area (Å²) in [6.07, 6.45) is 1.13. The van der Waals surface area contributed by atoms with Crippen molar-refractivity contribution in [3.8, 4) is 11.4 Å². The Morgan fingerprint density at radius 3 is 2.73 bits per heavy atom. The number of hydrogen-bond donors (Lipinski definition) is 2. The fourth-order valence-corrected chi connectivity index (χ4v) is 2.36. The number of benzene rings is 1. The molecule has 1 aromatic carbocycles. The van der Waals surface area contributed by atoms with Crippen LogP contribution in [0.2, 0.25) is 0 Å². The molecule has 0 bridgehead atoms. The number of carbonyl (C=O) groups excluding carboxylic acids is 1. The molecule has 0 fully saturated rings. The minimum atomic E-state index is -0.597. The van der Waals surface area contributed by atoms with Gasteiger partial charge in [-0.05, 0) is 38.5 Å². The highest BCUT2D eigenvalue weighted by atomic mass is 19.1. The maximum atomic E-state index is 14.0. The van der Waals surface area contributed by atoms with Crippen LogP contribution in [0.25, 0.3) is 5.69 Å². The summed E-state index contributed by atoms with van der Waals surface area (Å²) in [7, 11) is 1.48. The summed E-state index contributed by atoms with van der Waals surface area (Å²) < 4.78 is 20.6. The molecule has 1 heterocycles. The number of ether oxygens (including phenoxy) is 1. The monoisotopic (exact) mass is 365 g/mol. The molecule has 0 aliphatic rings. The zero-order chi connectivity index (χ0) is 19.4. The number of aliphatic hydroxyl groups is 1. The standard InChI is InChI=1S/C18H24FN3O4/c1-11(2)26-10-13(9-23)21(4)18(25)17-16(24)8-22(20-17)15-7-12(3)5-6-14(15)19/h5-8,11,13,23-24H,9-10H2,1-4H3. The van der Waals surface area contributed by atoms with Crippen molar-refractivity contribution >= 4 is 5.91 Å². The number of rotatable bonds is 7. The van der Waals surface area contributed by atoms with Crippen molar-refractivity contribution in [1.29, 1.82) is 0 Å². The minimum absolute atomic E-state index is 0.0514. The molecule has 0 radical (unpaired) electrons. The first-order valence-corrected chi connectivity index (χ1v) is 8.29. The van der Waals surface area contributed by atoms with Gasteiger partial charge in [-0.1, -0.05) is 6.07 Å². The molecular formula is C18H24FN3O4.